The van der Waals surface area contributed by atoms with Gasteiger partial charge < -0.3 is 14.8 Å². The number of thioether (sulfide) groups is 1. The molecule has 0 spiro atoms. The molecule has 148 valence electrons. The van der Waals surface area contributed by atoms with Crippen molar-refractivity contribution in [1.82, 2.24) is 0 Å². The molecule has 0 heterocycles. The summed E-state index contributed by atoms with van der Waals surface area (Å²) in [6, 6.07) is 20.4. The van der Waals surface area contributed by atoms with Gasteiger partial charge in [0.15, 0.2) is 11.5 Å². The summed E-state index contributed by atoms with van der Waals surface area (Å²) in [7, 11) is 1.58. The highest BCUT2D eigenvalue weighted by Crippen LogP contribution is 2.31. The van der Waals surface area contributed by atoms with Gasteiger partial charge in [-0.2, -0.15) is 0 Å². The molecule has 0 aliphatic carbocycles. The van der Waals surface area contributed by atoms with Crippen LogP contribution in [0.25, 0.3) is 0 Å². The number of carbonyl (C=O) groups excluding carboxylic acids is 1. The van der Waals surface area contributed by atoms with Crippen LogP contribution in [0.2, 0.25) is 0 Å². The molecule has 0 saturated carbocycles. The number of nitrogens with zero attached hydrogens (tertiary/aromatic N) is 1. The number of benzene rings is 3. The lowest BCUT2D eigenvalue weighted by molar-refractivity contribution is -0.384. The fourth-order valence-corrected chi connectivity index (χ4v) is 3.14. The number of hydrogen-bond donors (Lipinski definition) is 1. The van der Waals surface area contributed by atoms with Gasteiger partial charge >= 0.3 is 0 Å². The number of rotatable bonds is 8. The number of ether oxygens (including phenoxy) is 2. The normalized spacial score (nSPS) is 10.2. The van der Waals surface area contributed by atoms with E-state index in [4.69, 9.17) is 9.47 Å². The van der Waals surface area contributed by atoms with Gasteiger partial charge in [0.2, 0.25) is 5.91 Å². The van der Waals surface area contributed by atoms with Crippen molar-refractivity contribution in [3.63, 3.8) is 0 Å². The lowest BCUT2D eigenvalue weighted by Gasteiger charge is -2.11. The van der Waals surface area contributed by atoms with Crippen molar-refractivity contribution in [2.75, 3.05) is 18.2 Å². The Morgan fingerprint density at radius 1 is 1.00 bits per heavy atom. The molecule has 0 atom stereocenters. The van der Waals surface area contributed by atoms with E-state index in [0.717, 1.165) is 4.90 Å². The predicted octanol–water partition coefficient (Wildman–Crippen LogP) is 5.13. The van der Waals surface area contributed by atoms with Gasteiger partial charge in [-0.15, -0.1) is 11.8 Å². The first-order valence-corrected chi connectivity index (χ1v) is 9.62. The Kier molecular flexibility index (Phi) is 6.70. The molecular formula is C21H18N2O5S. The second-order valence-corrected chi connectivity index (χ2v) is 6.91. The Morgan fingerprint density at radius 3 is 2.28 bits per heavy atom. The summed E-state index contributed by atoms with van der Waals surface area (Å²) < 4.78 is 11.1. The van der Waals surface area contributed by atoms with E-state index in [9.17, 15) is 14.9 Å². The van der Waals surface area contributed by atoms with Crippen molar-refractivity contribution in [2.24, 2.45) is 0 Å². The molecule has 1 N–H and O–H groups in total. The zero-order valence-corrected chi connectivity index (χ0v) is 16.3. The quantitative estimate of drug-likeness (QED) is 0.315. The minimum absolute atomic E-state index is 0.0224. The van der Waals surface area contributed by atoms with Crippen LogP contribution in [0.3, 0.4) is 0 Å². The number of hydrogen-bond acceptors (Lipinski definition) is 6. The summed E-state index contributed by atoms with van der Waals surface area (Å²) >= 11 is 1.30. The van der Waals surface area contributed by atoms with Gasteiger partial charge in [0.05, 0.1) is 17.8 Å². The summed E-state index contributed by atoms with van der Waals surface area (Å²) in [5.41, 5.74) is 0.668. The van der Waals surface area contributed by atoms with Crippen molar-refractivity contribution < 1.29 is 19.2 Å². The third-order valence-corrected chi connectivity index (χ3v) is 4.86. The third kappa shape index (κ3) is 5.73. The molecule has 0 bridgehead atoms. The molecule has 8 heteroatoms. The maximum Gasteiger partial charge on any atom is 0.269 e. The molecule has 29 heavy (non-hydrogen) atoms. The Balaban J connectivity index is 1.52. The molecular weight excluding hydrogens is 392 g/mol. The lowest BCUT2D eigenvalue weighted by Crippen LogP contribution is -2.13. The zero-order valence-electron chi connectivity index (χ0n) is 15.5. The molecule has 0 aliphatic rings. The predicted molar refractivity (Wildman–Crippen MR) is 112 cm³/mol. The summed E-state index contributed by atoms with van der Waals surface area (Å²) in [6.07, 6.45) is 0. The molecule has 3 rings (SSSR count). The summed E-state index contributed by atoms with van der Waals surface area (Å²) in [6.45, 7) is 0. The van der Waals surface area contributed by atoms with Gasteiger partial charge in [0.25, 0.3) is 5.69 Å². The van der Waals surface area contributed by atoms with E-state index < -0.39 is 4.92 Å². The van der Waals surface area contributed by atoms with Crippen molar-refractivity contribution in [1.29, 1.82) is 0 Å². The standard InChI is InChI=1S/C21H18N2O5S/c1-27-19-4-2-3-5-20(19)28-17-10-6-15(7-11-17)22-21(24)14-29-18-12-8-16(9-13-18)23(25)26/h2-13H,14H2,1H3,(H,22,24). The number of carbonyl (C=O) groups is 1. The lowest BCUT2D eigenvalue weighted by atomic mass is 10.3. The monoisotopic (exact) mass is 410 g/mol. The zero-order chi connectivity index (χ0) is 20.6. The largest absolute Gasteiger partial charge is 0.493 e. The maximum atomic E-state index is 12.1. The van der Waals surface area contributed by atoms with E-state index in [1.54, 1.807) is 43.5 Å². The Morgan fingerprint density at radius 2 is 1.66 bits per heavy atom. The molecule has 0 aliphatic heterocycles. The van der Waals surface area contributed by atoms with E-state index in [-0.39, 0.29) is 17.3 Å². The van der Waals surface area contributed by atoms with Gasteiger partial charge in [-0.1, -0.05) is 12.1 Å². The number of nitrogens with one attached hydrogen (secondary N) is 1. The highest BCUT2D eigenvalue weighted by atomic mass is 32.2. The number of para-hydroxylation sites is 2. The van der Waals surface area contributed by atoms with E-state index >= 15 is 0 Å². The molecule has 0 fully saturated rings. The van der Waals surface area contributed by atoms with Crippen LogP contribution in [0.1, 0.15) is 0 Å². The van der Waals surface area contributed by atoms with E-state index in [0.29, 0.717) is 22.9 Å². The molecule has 0 aromatic heterocycles. The van der Waals surface area contributed by atoms with E-state index in [1.807, 2.05) is 24.3 Å². The van der Waals surface area contributed by atoms with Crippen LogP contribution < -0.4 is 14.8 Å². The average Bonchev–Trinajstić information content (AvgIpc) is 2.74. The molecule has 1 amide bonds. The van der Waals surface area contributed by atoms with Gasteiger partial charge in [-0.25, -0.2) is 0 Å². The minimum Gasteiger partial charge on any atom is -0.493 e. The molecule has 3 aromatic carbocycles. The SMILES string of the molecule is COc1ccccc1Oc1ccc(NC(=O)CSc2ccc([N+](=O)[O-])cc2)cc1. The van der Waals surface area contributed by atoms with Crippen LogP contribution in [0.4, 0.5) is 11.4 Å². The van der Waals surface area contributed by atoms with Crippen molar-refractivity contribution >= 4 is 29.0 Å². The smallest absolute Gasteiger partial charge is 0.269 e. The van der Waals surface area contributed by atoms with Gasteiger partial charge in [0, 0.05) is 22.7 Å². The first-order chi connectivity index (χ1) is 14.0. The second-order valence-electron chi connectivity index (χ2n) is 5.87. The highest BCUT2D eigenvalue weighted by Gasteiger charge is 2.08. The molecule has 0 radical (unpaired) electrons. The Labute approximate surface area is 171 Å². The van der Waals surface area contributed by atoms with Gasteiger partial charge in [-0.3, -0.25) is 14.9 Å². The van der Waals surface area contributed by atoms with Crippen LogP contribution >= 0.6 is 11.8 Å². The summed E-state index contributed by atoms with van der Waals surface area (Å²) in [4.78, 5) is 23.1. The average molecular weight is 410 g/mol. The number of non-ortho nitro benzene ring substituents is 1. The molecule has 3 aromatic rings. The first-order valence-electron chi connectivity index (χ1n) is 8.63. The number of nitro benzene ring substituents is 1. The van der Waals surface area contributed by atoms with E-state index in [1.165, 1.54) is 23.9 Å². The number of methoxy groups -OCH3 is 1. The van der Waals surface area contributed by atoms with Crippen molar-refractivity contribution in [3.8, 4) is 17.2 Å². The number of amides is 1. The number of anilines is 1. The second kappa shape index (κ2) is 9.61. The summed E-state index contributed by atoms with van der Waals surface area (Å²) in [5, 5.41) is 13.5. The number of nitro groups is 1. The first kappa shape index (κ1) is 20.2. The fraction of sp³-hybridized carbons (Fsp3) is 0.0952. The molecule has 0 unspecified atom stereocenters. The highest BCUT2D eigenvalue weighted by molar-refractivity contribution is 8.00. The Bertz CT molecular complexity index is 991. The van der Waals surface area contributed by atoms with Crippen molar-refractivity contribution in [3.05, 3.63) is 82.9 Å². The molecule has 0 saturated heterocycles. The van der Waals surface area contributed by atoms with Gasteiger partial charge in [-0.05, 0) is 48.5 Å². The van der Waals surface area contributed by atoms with Crippen LogP contribution in [0, 0.1) is 10.1 Å². The van der Waals surface area contributed by atoms with Crippen molar-refractivity contribution in [2.45, 2.75) is 4.90 Å². The van der Waals surface area contributed by atoms with Crippen LogP contribution in [0.5, 0.6) is 17.2 Å². The van der Waals surface area contributed by atoms with Crippen LogP contribution in [-0.2, 0) is 4.79 Å². The van der Waals surface area contributed by atoms with Crippen LogP contribution in [-0.4, -0.2) is 23.7 Å². The minimum atomic E-state index is -0.456. The Hall–Kier alpha value is -3.52. The fourth-order valence-electron chi connectivity index (χ4n) is 2.45. The van der Waals surface area contributed by atoms with E-state index in [2.05, 4.69) is 5.32 Å². The van der Waals surface area contributed by atoms with Crippen LogP contribution in [0.15, 0.2) is 77.7 Å². The maximum absolute atomic E-state index is 12.1. The topological polar surface area (TPSA) is 90.7 Å². The van der Waals surface area contributed by atoms with Gasteiger partial charge in [0.1, 0.15) is 5.75 Å². The molecule has 7 nitrogen and oxygen atoms in total. The third-order valence-electron chi connectivity index (χ3n) is 3.85. The summed E-state index contributed by atoms with van der Waals surface area (Å²) in [5.74, 6) is 1.87.